The molecule has 1 aliphatic rings. The van der Waals surface area contributed by atoms with Gasteiger partial charge in [-0.15, -0.1) is 28.8 Å². The zero-order valence-electron chi connectivity index (χ0n) is 16.4. The first-order valence-corrected chi connectivity index (χ1v) is 9.11. The molecule has 1 unspecified atom stereocenters. The molecule has 150 valence electrons. The standard InChI is InChI=1S/C20H15.C6H6N.2ClH.Ti/c1-14-17-8-4-2-6-15(17)10-12-18(14)20-13-11-16-7-3-5-9-19(16)20;7-6-4-2-1-3-5-6;;;/h2-13,20H,1H2;1-5,7H;2*1H;/q2*-1;;;+2/p-2. The normalized spacial score (nSPS) is 13.0. The van der Waals surface area contributed by atoms with Gasteiger partial charge in [-0.05, 0) is 17.0 Å². The van der Waals surface area contributed by atoms with Gasteiger partial charge >= 0.3 is 21.7 Å². The topological polar surface area (TPSA) is 23.8 Å². The van der Waals surface area contributed by atoms with Crippen LogP contribution < -0.4 is 24.8 Å². The van der Waals surface area contributed by atoms with Crippen LogP contribution in [0.25, 0.3) is 22.6 Å². The molecule has 30 heavy (non-hydrogen) atoms. The summed E-state index contributed by atoms with van der Waals surface area (Å²) in [5.41, 5.74) is 12.7. The summed E-state index contributed by atoms with van der Waals surface area (Å²) in [4.78, 5) is 0. The van der Waals surface area contributed by atoms with Crippen LogP contribution in [0.1, 0.15) is 28.2 Å². The molecule has 0 saturated heterocycles. The van der Waals surface area contributed by atoms with Gasteiger partial charge < -0.3 is 30.5 Å². The number of nitrogens with one attached hydrogen (secondary N) is 1. The van der Waals surface area contributed by atoms with E-state index in [0.717, 1.165) is 5.56 Å². The maximum absolute atomic E-state index is 7.00. The van der Waals surface area contributed by atoms with Gasteiger partial charge in [-0.3, -0.25) is 0 Å². The number of benzene rings is 4. The summed E-state index contributed by atoms with van der Waals surface area (Å²) in [5, 5.41) is 2.51. The fourth-order valence-corrected chi connectivity index (χ4v) is 3.60. The second-order valence-corrected chi connectivity index (χ2v) is 6.69. The van der Waals surface area contributed by atoms with E-state index in [-0.39, 0.29) is 46.5 Å². The van der Waals surface area contributed by atoms with Crippen LogP contribution in [-0.2, 0) is 21.7 Å². The van der Waals surface area contributed by atoms with Crippen LogP contribution in [0, 0.1) is 6.92 Å². The van der Waals surface area contributed by atoms with Gasteiger partial charge in [0.15, 0.2) is 0 Å². The third-order valence-electron chi connectivity index (χ3n) is 4.98. The number of hydrogen-bond acceptors (Lipinski definition) is 0. The minimum Gasteiger partial charge on any atom is -1.00 e. The SMILES string of the molecule is [CH2-]c1c(C2C=Cc3ccccc32)ccc2ccccc12.[Cl-].[Cl-].[NH-]c1ccccc1.[Ti+2]. The van der Waals surface area contributed by atoms with Crippen molar-refractivity contribution in [1.29, 1.82) is 0 Å². The Morgan fingerprint density at radius 2 is 1.30 bits per heavy atom. The molecule has 5 rings (SSSR count). The second-order valence-electron chi connectivity index (χ2n) is 6.69. The van der Waals surface area contributed by atoms with E-state index in [9.17, 15) is 0 Å². The van der Waals surface area contributed by atoms with Gasteiger partial charge in [0.1, 0.15) is 0 Å². The summed E-state index contributed by atoms with van der Waals surface area (Å²) in [7, 11) is 0. The molecule has 1 nitrogen and oxygen atoms in total. The molecule has 0 fully saturated rings. The van der Waals surface area contributed by atoms with Crippen molar-refractivity contribution in [3.8, 4) is 0 Å². The molecule has 0 heterocycles. The summed E-state index contributed by atoms with van der Waals surface area (Å²) in [6, 6.07) is 30.6. The molecule has 0 spiro atoms. The minimum atomic E-state index is 0. The number of halogens is 2. The first-order valence-electron chi connectivity index (χ1n) is 9.11. The molecule has 4 aromatic rings. The van der Waals surface area contributed by atoms with Crippen molar-refractivity contribution in [2.75, 3.05) is 0 Å². The molecule has 0 aliphatic heterocycles. The maximum Gasteiger partial charge on any atom is 2.00 e. The Bertz CT molecular complexity index is 1110. The zero-order chi connectivity index (χ0) is 18.6. The molecule has 4 aromatic carbocycles. The van der Waals surface area contributed by atoms with Crippen LogP contribution in [0.4, 0.5) is 5.69 Å². The number of allylic oxidation sites excluding steroid dienone is 1. The largest absolute Gasteiger partial charge is 2.00 e. The van der Waals surface area contributed by atoms with E-state index in [1.807, 2.05) is 18.2 Å². The third-order valence-corrected chi connectivity index (χ3v) is 4.98. The monoisotopic (exact) mass is 465 g/mol. The summed E-state index contributed by atoms with van der Waals surface area (Å²) in [6.45, 7) is 4.33. The molecule has 4 heteroatoms. The number of fused-ring (bicyclic) bond motifs is 2. The Balaban J connectivity index is 0.000000391. The van der Waals surface area contributed by atoms with Crippen LogP contribution in [0.5, 0.6) is 0 Å². The van der Waals surface area contributed by atoms with Crippen molar-refractivity contribution in [2.45, 2.75) is 5.92 Å². The van der Waals surface area contributed by atoms with E-state index >= 15 is 0 Å². The molecule has 0 saturated carbocycles. The van der Waals surface area contributed by atoms with Crippen molar-refractivity contribution >= 4 is 22.5 Å². The van der Waals surface area contributed by atoms with Crippen molar-refractivity contribution < 1.29 is 46.5 Å². The van der Waals surface area contributed by atoms with Gasteiger partial charge in [-0.2, -0.15) is 12.5 Å². The first kappa shape index (κ1) is 25.9. The van der Waals surface area contributed by atoms with E-state index in [2.05, 4.69) is 79.7 Å². The minimum absolute atomic E-state index is 0. The first-order chi connectivity index (χ1) is 13.2. The molecule has 0 bridgehead atoms. The number of rotatable bonds is 1. The molecule has 1 N–H and O–H groups in total. The van der Waals surface area contributed by atoms with Gasteiger partial charge in [-0.1, -0.05) is 96.4 Å². The molecular formula is C26H21Cl2NTi-2. The van der Waals surface area contributed by atoms with Crippen molar-refractivity contribution in [3.63, 3.8) is 0 Å². The van der Waals surface area contributed by atoms with E-state index in [0.29, 0.717) is 11.6 Å². The molecular weight excluding hydrogens is 445 g/mol. The van der Waals surface area contributed by atoms with Gasteiger partial charge in [0.2, 0.25) is 0 Å². The fraction of sp³-hybridized carbons (Fsp3) is 0.0385. The zero-order valence-corrected chi connectivity index (χ0v) is 19.4. The van der Waals surface area contributed by atoms with E-state index in [1.54, 1.807) is 12.1 Å². The summed E-state index contributed by atoms with van der Waals surface area (Å²) in [5.74, 6) is 0.336. The second kappa shape index (κ2) is 11.9. The average molecular weight is 466 g/mol. The van der Waals surface area contributed by atoms with Crippen LogP contribution >= 0.6 is 0 Å². The predicted octanol–water partition coefficient (Wildman–Crippen LogP) is 1.56. The predicted molar refractivity (Wildman–Crippen MR) is 116 cm³/mol. The molecule has 0 radical (unpaired) electrons. The smallest absolute Gasteiger partial charge is 1.00 e. The Hall–Kier alpha value is -2.16. The Morgan fingerprint density at radius 1 is 0.667 bits per heavy atom. The Labute approximate surface area is 206 Å². The van der Waals surface area contributed by atoms with E-state index < -0.39 is 0 Å². The van der Waals surface area contributed by atoms with Crippen LogP contribution in [0.15, 0.2) is 97.1 Å². The van der Waals surface area contributed by atoms with Gasteiger partial charge in [0, 0.05) is 0 Å². The van der Waals surface area contributed by atoms with Crippen LogP contribution in [0.3, 0.4) is 0 Å². The summed E-state index contributed by atoms with van der Waals surface area (Å²) in [6.07, 6.45) is 4.50. The van der Waals surface area contributed by atoms with Crippen LogP contribution in [-0.4, -0.2) is 0 Å². The Morgan fingerprint density at radius 3 is 2.00 bits per heavy atom. The quantitative estimate of drug-likeness (QED) is 0.301. The summed E-state index contributed by atoms with van der Waals surface area (Å²) >= 11 is 0. The average Bonchev–Trinajstić information content (AvgIpc) is 3.14. The molecule has 0 aromatic heterocycles. The Kier molecular flexibility index (Phi) is 10.3. The van der Waals surface area contributed by atoms with Gasteiger partial charge in [0.25, 0.3) is 0 Å². The molecule has 0 amide bonds. The van der Waals surface area contributed by atoms with Gasteiger partial charge in [0.05, 0.1) is 0 Å². The van der Waals surface area contributed by atoms with Crippen molar-refractivity contribution in [2.24, 2.45) is 0 Å². The molecule has 1 aliphatic carbocycles. The fourth-order valence-electron chi connectivity index (χ4n) is 3.60. The van der Waals surface area contributed by atoms with Crippen molar-refractivity contribution in [1.82, 2.24) is 0 Å². The van der Waals surface area contributed by atoms with Gasteiger partial charge in [-0.25, -0.2) is 0 Å². The van der Waals surface area contributed by atoms with E-state index in [4.69, 9.17) is 5.73 Å². The van der Waals surface area contributed by atoms with E-state index in [1.165, 1.54) is 27.5 Å². The van der Waals surface area contributed by atoms with Crippen LogP contribution in [0.2, 0.25) is 0 Å². The van der Waals surface area contributed by atoms with Crippen molar-refractivity contribution in [3.05, 3.63) is 132 Å². The maximum atomic E-state index is 7.00. The number of hydrogen-bond donors (Lipinski definition) is 0. The third kappa shape index (κ3) is 5.50. The molecule has 1 atom stereocenters. The summed E-state index contributed by atoms with van der Waals surface area (Å²) < 4.78 is 0.